The summed E-state index contributed by atoms with van der Waals surface area (Å²) in [6.07, 6.45) is 1.02. The third kappa shape index (κ3) is 4.92. The highest BCUT2D eigenvalue weighted by molar-refractivity contribution is 8.15. The van der Waals surface area contributed by atoms with Crippen molar-refractivity contribution in [2.24, 2.45) is 5.73 Å². The number of nitrogens with two attached hydrogens (primary N) is 1. The Hall–Kier alpha value is -2.97. The second-order valence-electron chi connectivity index (χ2n) is 7.72. The van der Waals surface area contributed by atoms with E-state index in [1.807, 2.05) is 6.07 Å². The second kappa shape index (κ2) is 10.1. The molecule has 8 heteroatoms. The summed E-state index contributed by atoms with van der Waals surface area (Å²) in [7, 11) is 0. The molecule has 1 fully saturated rings. The fourth-order valence-corrected chi connectivity index (χ4v) is 5.06. The van der Waals surface area contributed by atoms with Gasteiger partial charge in [-0.25, -0.2) is 4.79 Å². The topological polar surface area (TPSA) is 118 Å². The van der Waals surface area contributed by atoms with E-state index in [2.05, 4.69) is 0 Å². The Bertz CT molecular complexity index is 1030. The van der Waals surface area contributed by atoms with Crippen LogP contribution < -0.4 is 5.73 Å². The largest absolute Gasteiger partial charge is 0.479 e. The van der Waals surface area contributed by atoms with E-state index in [4.69, 9.17) is 5.73 Å². The normalized spacial score (nSPS) is 18.9. The Morgan fingerprint density at radius 3 is 2.44 bits per heavy atom. The zero-order chi connectivity index (χ0) is 23.3. The molecule has 1 amide bonds. The molecule has 1 heterocycles. The number of aliphatic carboxylic acids is 1. The molecule has 3 N–H and O–H groups in total. The standard InChI is InChI=1S/C24H26N2O5S/c1-2-20(27)26-13-7-12-24(26,23(30)31)32-22(29)19(25)15-16-8-6-11-18(14-16)21(28)17-9-4-3-5-10-17/h3-6,8-11,14,19H,2,7,12-13,15,25H2,1H3,(H,30,31)/t19-,24+/m0/s1. The van der Waals surface area contributed by atoms with Crippen molar-refractivity contribution >= 4 is 34.5 Å². The van der Waals surface area contributed by atoms with Crippen LogP contribution in [0.4, 0.5) is 0 Å². The first kappa shape index (κ1) is 23.7. The molecule has 0 aliphatic carbocycles. The lowest BCUT2D eigenvalue weighted by atomic mass is 9.99. The minimum absolute atomic E-state index is 0.133. The summed E-state index contributed by atoms with van der Waals surface area (Å²) >= 11 is 0.624. The molecule has 168 valence electrons. The second-order valence-corrected chi connectivity index (χ2v) is 9.00. The fourth-order valence-electron chi connectivity index (χ4n) is 3.86. The van der Waals surface area contributed by atoms with Crippen molar-refractivity contribution in [3.8, 4) is 0 Å². The van der Waals surface area contributed by atoms with Gasteiger partial charge in [-0.2, -0.15) is 0 Å². The Balaban J connectivity index is 1.74. The summed E-state index contributed by atoms with van der Waals surface area (Å²) in [6.45, 7) is 1.97. The van der Waals surface area contributed by atoms with Crippen LogP contribution in [0.2, 0.25) is 0 Å². The Kier molecular flexibility index (Phi) is 7.48. The number of carboxylic acid groups (broad SMARTS) is 1. The zero-order valence-corrected chi connectivity index (χ0v) is 18.6. The maximum atomic E-state index is 12.9. The minimum Gasteiger partial charge on any atom is -0.479 e. The molecule has 3 rings (SSSR count). The molecule has 32 heavy (non-hydrogen) atoms. The van der Waals surface area contributed by atoms with Crippen molar-refractivity contribution in [3.63, 3.8) is 0 Å². The third-order valence-electron chi connectivity index (χ3n) is 5.52. The van der Waals surface area contributed by atoms with E-state index < -0.39 is 22.0 Å². The first-order valence-electron chi connectivity index (χ1n) is 10.5. The summed E-state index contributed by atoms with van der Waals surface area (Å²) in [5.74, 6) is -1.64. The van der Waals surface area contributed by atoms with Gasteiger partial charge in [-0.1, -0.05) is 55.5 Å². The molecular formula is C24H26N2O5S. The monoisotopic (exact) mass is 454 g/mol. The van der Waals surface area contributed by atoms with Gasteiger partial charge < -0.3 is 15.7 Å². The van der Waals surface area contributed by atoms with Crippen LogP contribution in [0.1, 0.15) is 47.7 Å². The Labute approximate surface area is 191 Å². The molecular weight excluding hydrogens is 428 g/mol. The third-order valence-corrected chi connectivity index (χ3v) is 6.96. The molecule has 2 aromatic rings. The molecule has 0 saturated carbocycles. The van der Waals surface area contributed by atoms with E-state index >= 15 is 0 Å². The van der Waals surface area contributed by atoms with Crippen LogP contribution in [0.15, 0.2) is 54.6 Å². The van der Waals surface area contributed by atoms with E-state index in [1.165, 1.54) is 4.90 Å². The molecule has 0 radical (unpaired) electrons. The van der Waals surface area contributed by atoms with E-state index in [9.17, 15) is 24.3 Å². The van der Waals surface area contributed by atoms with Crippen molar-refractivity contribution in [1.82, 2.24) is 4.90 Å². The average Bonchev–Trinajstić information content (AvgIpc) is 3.23. The molecule has 0 aromatic heterocycles. The smallest absolute Gasteiger partial charge is 0.340 e. The highest BCUT2D eigenvalue weighted by atomic mass is 32.2. The van der Waals surface area contributed by atoms with Crippen molar-refractivity contribution in [2.45, 2.75) is 43.5 Å². The van der Waals surface area contributed by atoms with Crippen LogP contribution in [0, 0.1) is 0 Å². The molecule has 1 aliphatic heterocycles. The molecule has 1 aliphatic rings. The number of carbonyl (C=O) groups is 4. The Morgan fingerprint density at radius 1 is 1.09 bits per heavy atom. The fraction of sp³-hybridized carbons (Fsp3) is 0.333. The lowest BCUT2D eigenvalue weighted by Gasteiger charge is -2.33. The molecule has 0 spiro atoms. The van der Waals surface area contributed by atoms with Crippen molar-refractivity contribution < 1.29 is 24.3 Å². The number of benzene rings is 2. The highest BCUT2D eigenvalue weighted by Crippen LogP contribution is 2.41. The van der Waals surface area contributed by atoms with Crippen molar-refractivity contribution in [2.75, 3.05) is 6.54 Å². The lowest BCUT2D eigenvalue weighted by Crippen LogP contribution is -2.52. The number of nitrogens with zero attached hydrogens (tertiary/aromatic N) is 1. The maximum Gasteiger partial charge on any atom is 0.340 e. The first-order chi connectivity index (χ1) is 15.3. The van der Waals surface area contributed by atoms with Gasteiger partial charge in [-0.15, -0.1) is 0 Å². The van der Waals surface area contributed by atoms with Crippen LogP contribution in [0.5, 0.6) is 0 Å². The minimum atomic E-state index is -1.62. The van der Waals surface area contributed by atoms with Gasteiger partial charge in [0.1, 0.15) is 0 Å². The maximum absolute atomic E-state index is 12.9. The molecule has 0 bridgehead atoms. The van der Waals surface area contributed by atoms with Gasteiger partial charge in [0, 0.05) is 24.1 Å². The molecule has 2 atom stereocenters. The first-order valence-corrected chi connectivity index (χ1v) is 11.3. The predicted molar refractivity (Wildman–Crippen MR) is 122 cm³/mol. The summed E-state index contributed by atoms with van der Waals surface area (Å²) in [4.78, 5) is 49.6. The summed E-state index contributed by atoms with van der Waals surface area (Å²) in [6, 6.07) is 14.8. The van der Waals surface area contributed by atoms with Crippen LogP contribution in [0.25, 0.3) is 0 Å². The van der Waals surface area contributed by atoms with E-state index in [1.54, 1.807) is 55.5 Å². The van der Waals surface area contributed by atoms with E-state index in [-0.39, 0.29) is 31.0 Å². The molecule has 1 saturated heterocycles. The van der Waals surface area contributed by atoms with Gasteiger partial charge in [0.15, 0.2) is 10.7 Å². The number of thioether (sulfide) groups is 1. The number of ketones is 1. The van der Waals surface area contributed by atoms with Gasteiger partial charge in [0.05, 0.1) is 6.04 Å². The van der Waals surface area contributed by atoms with Gasteiger partial charge in [-0.05, 0) is 42.7 Å². The summed E-state index contributed by atoms with van der Waals surface area (Å²) < 4.78 is 0. The van der Waals surface area contributed by atoms with Gasteiger partial charge in [0.2, 0.25) is 11.0 Å². The van der Waals surface area contributed by atoms with Crippen LogP contribution in [0.3, 0.4) is 0 Å². The number of carboxylic acids is 1. The summed E-state index contributed by atoms with van der Waals surface area (Å²) in [5.41, 5.74) is 7.87. The molecule has 0 unspecified atom stereocenters. The number of hydrogen-bond donors (Lipinski definition) is 2. The zero-order valence-electron chi connectivity index (χ0n) is 17.8. The van der Waals surface area contributed by atoms with Crippen LogP contribution in [-0.2, 0) is 20.8 Å². The van der Waals surface area contributed by atoms with Crippen LogP contribution >= 0.6 is 11.8 Å². The van der Waals surface area contributed by atoms with Gasteiger partial charge in [0.25, 0.3) is 0 Å². The van der Waals surface area contributed by atoms with Gasteiger partial charge in [-0.3, -0.25) is 14.4 Å². The van der Waals surface area contributed by atoms with Crippen molar-refractivity contribution in [3.05, 3.63) is 71.3 Å². The number of rotatable bonds is 8. The molecule has 2 aromatic carbocycles. The average molecular weight is 455 g/mol. The highest BCUT2D eigenvalue weighted by Gasteiger charge is 2.52. The Morgan fingerprint density at radius 2 is 1.78 bits per heavy atom. The number of carbonyl (C=O) groups excluding carboxylic acids is 3. The number of amides is 1. The van der Waals surface area contributed by atoms with Gasteiger partial charge >= 0.3 is 5.97 Å². The quantitative estimate of drug-likeness (QED) is 0.589. The predicted octanol–water partition coefficient (Wildman–Crippen LogP) is 2.86. The number of hydrogen-bond acceptors (Lipinski definition) is 6. The van der Waals surface area contributed by atoms with Crippen LogP contribution in [-0.4, -0.2) is 50.2 Å². The summed E-state index contributed by atoms with van der Waals surface area (Å²) in [5, 5.41) is 9.36. The lowest BCUT2D eigenvalue weighted by molar-refractivity contribution is -0.150. The SMILES string of the molecule is CCC(=O)N1CCC[C@@]1(SC(=O)[C@@H](N)Cc1cccc(C(=O)c2ccccc2)c1)C(=O)O. The van der Waals surface area contributed by atoms with Crippen molar-refractivity contribution in [1.29, 1.82) is 0 Å². The number of likely N-dealkylation sites (tertiary alicyclic amines) is 1. The van der Waals surface area contributed by atoms with E-state index in [0.717, 1.165) is 0 Å². The van der Waals surface area contributed by atoms with E-state index in [0.29, 0.717) is 41.4 Å². The molecule has 7 nitrogen and oxygen atoms in total.